The van der Waals surface area contributed by atoms with Crippen molar-refractivity contribution < 1.29 is 0 Å². The van der Waals surface area contributed by atoms with Crippen molar-refractivity contribution in [3.05, 3.63) is 75.1 Å². The van der Waals surface area contributed by atoms with Gasteiger partial charge in [-0.1, -0.05) is 35.3 Å². The topological polar surface area (TPSA) is 70.7 Å². The highest BCUT2D eigenvalue weighted by Crippen LogP contribution is 2.28. The number of nitrogens with one attached hydrogen (secondary N) is 2. The number of rotatable bonds is 4. The molecule has 2 heterocycles. The van der Waals surface area contributed by atoms with E-state index in [0.717, 1.165) is 16.0 Å². The van der Waals surface area contributed by atoms with E-state index >= 15 is 0 Å². The molecule has 0 aliphatic heterocycles. The summed E-state index contributed by atoms with van der Waals surface area (Å²) >= 11 is 13.7. The molecule has 2 aromatic carbocycles. The lowest BCUT2D eigenvalue weighted by atomic mass is 10.0. The van der Waals surface area contributed by atoms with E-state index in [2.05, 4.69) is 20.3 Å². The lowest BCUT2D eigenvalue weighted by Gasteiger charge is -2.09. The Morgan fingerprint density at radius 1 is 1.04 bits per heavy atom. The van der Waals surface area contributed by atoms with Crippen LogP contribution in [0.15, 0.2) is 64.4 Å². The number of benzene rings is 2. The molecule has 0 spiro atoms. The summed E-state index contributed by atoms with van der Waals surface area (Å²) < 4.78 is 0. The standard InChI is InChI=1S/C20H14Cl2N4OS/c1-28-15-4-2-11(3-5-15)16-6-7-23-18-17(16)19(27)26-20(25-18)24-14-9-12(21)8-13(22)10-14/h2-10H,1H3,(H2,23,24,25,26,27). The van der Waals surface area contributed by atoms with Gasteiger partial charge in [0.15, 0.2) is 5.65 Å². The number of halogens is 2. The highest BCUT2D eigenvalue weighted by atomic mass is 35.5. The van der Waals surface area contributed by atoms with Gasteiger partial charge in [-0.15, -0.1) is 11.8 Å². The van der Waals surface area contributed by atoms with E-state index in [1.165, 1.54) is 0 Å². The van der Waals surface area contributed by atoms with Gasteiger partial charge in [-0.2, -0.15) is 4.98 Å². The Hall–Kier alpha value is -2.54. The zero-order valence-electron chi connectivity index (χ0n) is 14.7. The number of anilines is 2. The Morgan fingerprint density at radius 3 is 2.43 bits per heavy atom. The molecule has 0 bridgehead atoms. The van der Waals surface area contributed by atoms with Crippen LogP contribution in [0.25, 0.3) is 22.2 Å². The summed E-state index contributed by atoms with van der Waals surface area (Å²) in [5, 5.41) is 4.41. The van der Waals surface area contributed by atoms with E-state index in [9.17, 15) is 4.79 Å². The molecule has 4 rings (SSSR count). The van der Waals surface area contributed by atoms with Crippen molar-refractivity contribution in [1.29, 1.82) is 0 Å². The van der Waals surface area contributed by atoms with E-state index in [1.807, 2.05) is 36.6 Å². The summed E-state index contributed by atoms with van der Waals surface area (Å²) in [5.41, 5.74) is 2.40. The van der Waals surface area contributed by atoms with Crippen LogP contribution in [-0.4, -0.2) is 21.2 Å². The van der Waals surface area contributed by atoms with Gasteiger partial charge in [-0.05, 0) is 53.8 Å². The Labute approximate surface area is 175 Å². The van der Waals surface area contributed by atoms with Crippen molar-refractivity contribution in [1.82, 2.24) is 15.0 Å². The summed E-state index contributed by atoms with van der Waals surface area (Å²) in [6, 6.07) is 14.8. The predicted molar refractivity (Wildman–Crippen MR) is 117 cm³/mol. The fourth-order valence-corrected chi connectivity index (χ4v) is 3.83. The molecule has 140 valence electrons. The van der Waals surface area contributed by atoms with Crippen LogP contribution in [0.5, 0.6) is 0 Å². The van der Waals surface area contributed by atoms with Gasteiger partial charge in [0.2, 0.25) is 5.95 Å². The summed E-state index contributed by atoms with van der Waals surface area (Å²) in [7, 11) is 0. The summed E-state index contributed by atoms with van der Waals surface area (Å²) in [6.07, 6.45) is 3.67. The van der Waals surface area contributed by atoms with Crippen LogP contribution < -0.4 is 10.9 Å². The van der Waals surface area contributed by atoms with Gasteiger partial charge >= 0.3 is 0 Å². The maximum absolute atomic E-state index is 12.8. The van der Waals surface area contributed by atoms with Gasteiger partial charge in [-0.25, -0.2) is 4.98 Å². The fraction of sp³-hybridized carbons (Fsp3) is 0.0500. The van der Waals surface area contributed by atoms with Gasteiger partial charge in [0, 0.05) is 26.8 Å². The fourth-order valence-electron chi connectivity index (χ4n) is 2.90. The molecule has 5 nitrogen and oxygen atoms in total. The van der Waals surface area contributed by atoms with E-state index < -0.39 is 0 Å². The molecule has 28 heavy (non-hydrogen) atoms. The number of hydrogen-bond acceptors (Lipinski definition) is 5. The third-order valence-electron chi connectivity index (χ3n) is 4.13. The van der Waals surface area contributed by atoms with Gasteiger partial charge in [0.05, 0.1) is 5.39 Å². The summed E-state index contributed by atoms with van der Waals surface area (Å²) in [4.78, 5) is 25.4. The third kappa shape index (κ3) is 3.85. The van der Waals surface area contributed by atoms with Crippen LogP contribution in [-0.2, 0) is 0 Å². The largest absolute Gasteiger partial charge is 0.326 e. The van der Waals surface area contributed by atoms with E-state index in [1.54, 1.807) is 36.2 Å². The maximum Gasteiger partial charge on any atom is 0.262 e. The second-order valence-corrected chi connectivity index (χ2v) is 7.74. The van der Waals surface area contributed by atoms with Crippen molar-refractivity contribution in [3.8, 4) is 11.1 Å². The van der Waals surface area contributed by atoms with Crippen molar-refractivity contribution in [2.45, 2.75) is 4.90 Å². The zero-order chi connectivity index (χ0) is 19.7. The van der Waals surface area contributed by atoms with Crippen LogP contribution in [0.2, 0.25) is 10.0 Å². The van der Waals surface area contributed by atoms with Crippen LogP contribution in [0.4, 0.5) is 11.6 Å². The zero-order valence-corrected chi connectivity index (χ0v) is 17.0. The quantitative estimate of drug-likeness (QED) is 0.404. The molecule has 0 unspecified atom stereocenters. The lowest BCUT2D eigenvalue weighted by Crippen LogP contribution is -2.13. The minimum atomic E-state index is -0.280. The highest BCUT2D eigenvalue weighted by molar-refractivity contribution is 7.98. The summed E-state index contributed by atoms with van der Waals surface area (Å²) in [5.74, 6) is 0.262. The number of aromatic nitrogens is 3. The molecule has 0 fully saturated rings. The maximum atomic E-state index is 12.8. The average molecular weight is 429 g/mol. The number of nitrogens with zero attached hydrogens (tertiary/aromatic N) is 2. The third-order valence-corrected chi connectivity index (χ3v) is 5.31. The normalized spacial score (nSPS) is 11.0. The first-order valence-corrected chi connectivity index (χ1v) is 10.3. The van der Waals surface area contributed by atoms with Gasteiger partial charge in [0.25, 0.3) is 5.56 Å². The minimum Gasteiger partial charge on any atom is -0.326 e. The molecule has 2 N–H and O–H groups in total. The van der Waals surface area contributed by atoms with Crippen molar-refractivity contribution in [2.75, 3.05) is 11.6 Å². The number of H-pyrrole nitrogens is 1. The molecule has 0 saturated heterocycles. The molecule has 0 amide bonds. The first-order chi connectivity index (χ1) is 13.5. The number of thioether (sulfide) groups is 1. The van der Waals surface area contributed by atoms with E-state index in [4.69, 9.17) is 23.2 Å². The minimum absolute atomic E-state index is 0.262. The number of pyridine rings is 1. The second kappa shape index (κ2) is 7.83. The number of fused-ring (bicyclic) bond motifs is 1. The Morgan fingerprint density at radius 2 is 1.75 bits per heavy atom. The average Bonchev–Trinajstić information content (AvgIpc) is 2.67. The number of hydrogen-bond donors (Lipinski definition) is 2. The van der Waals surface area contributed by atoms with Crippen LogP contribution in [0.3, 0.4) is 0 Å². The summed E-state index contributed by atoms with van der Waals surface area (Å²) in [6.45, 7) is 0. The SMILES string of the molecule is CSc1ccc(-c2ccnc3nc(Nc4cc(Cl)cc(Cl)c4)[nH]c(=O)c23)cc1. The first-order valence-electron chi connectivity index (χ1n) is 8.30. The second-order valence-electron chi connectivity index (χ2n) is 5.98. The van der Waals surface area contributed by atoms with E-state index in [0.29, 0.717) is 26.8 Å². The first kappa shape index (κ1) is 18.8. The van der Waals surface area contributed by atoms with Crippen molar-refractivity contribution in [2.24, 2.45) is 0 Å². The van der Waals surface area contributed by atoms with Gasteiger partial charge in [0.1, 0.15) is 0 Å². The molecular weight excluding hydrogens is 415 g/mol. The molecule has 0 radical (unpaired) electrons. The lowest BCUT2D eigenvalue weighted by molar-refractivity contribution is 1.14. The molecule has 0 saturated carbocycles. The molecule has 0 atom stereocenters. The van der Waals surface area contributed by atoms with E-state index in [-0.39, 0.29) is 11.5 Å². The molecule has 8 heteroatoms. The Balaban J connectivity index is 1.78. The molecule has 4 aromatic rings. The highest BCUT2D eigenvalue weighted by Gasteiger charge is 2.12. The van der Waals surface area contributed by atoms with Crippen molar-refractivity contribution >= 4 is 57.6 Å². The molecule has 2 aromatic heterocycles. The van der Waals surface area contributed by atoms with Crippen LogP contribution >= 0.6 is 35.0 Å². The molecule has 0 aliphatic carbocycles. The molecular formula is C20H14Cl2N4OS. The van der Waals surface area contributed by atoms with Gasteiger partial charge in [-0.3, -0.25) is 9.78 Å². The van der Waals surface area contributed by atoms with Crippen LogP contribution in [0.1, 0.15) is 0 Å². The smallest absolute Gasteiger partial charge is 0.262 e. The monoisotopic (exact) mass is 428 g/mol. The van der Waals surface area contributed by atoms with Crippen molar-refractivity contribution in [3.63, 3.8) is 0 Å². The molecule has 0 aliphatic rings. The number of aromatic amines is 1. The Bertz CT molecular complexity index is 1210. The predicted octanol–water partition coefficient (Wildman–Crippen LogP) is 5.76. The van der Waals surface area contributed by atoms with Crippen LogP contribution in [0, 0.1) is 0 Å². The van der Waals surface area contributed by atoms with Gasteiger partial charge < -0.3 is 5.32 Å². The Kier molecular flexibility index (Phi) is 5.26.